The highest BCUT2D eigenvalue weighted by molar-refractivity contribution is 6.07. The van der Waals surface area contributed by atoms with Crippen molar-refractivity contribution in [3.63, 3.8) is 0 Å². The minimum absolute atomic E-state index is 0.518. The maximum atomic E-state index is 11.6. The van der Waals surface area contributed by atoms with E-state index in [2.05, 4.69) is 10.6 Å². The quantitative estimate of drug-likeness (QED) is 0.648. The number of carbonyl (C=O) groups excluding carboxylic acids is 1. The van der Waals surface area contributed by atoms with Gasteiger partial charge in [-0.2, -0.15) is 0 Å². The van der Waals surface area contributed by atoms with Gasteiger partial charge in [-0.3, -0.25) is 10.1 Å². The van der Waals surface area contributed by atoms with Crippen molar-refractivity contribution < 1.29 is 19.4 Å². The molecule has 1 amide bonds. The fourth-order valence-electron chi connectivity index (χ4n) is 1.38. The minimum Gasteiger partial charge on any atom is -0.494 e. The molecule has 0 aliphatic heterocycles. The number of nitrogens with one attached hydrogen (secondary N) is 2. The number of hydrogen-bond donors (Lipinski definition) is 3. The van der Waals surface area contributed by atoms with E-state index in [1.54, 1.807) is 24.3 Å². The number of carbonyl (C=O) groups is 2. The third kappa shape index (κ3) is 3.74. The van der Waals surface area contributed by atoms with E-state index < -0.39 is 17.9 Å². The van der Waals surface area contributed by atoms with Crippen LogP contribution < -0.4 is 15.4 Å². The van der Waals surface area contributed by atoms with Crippen molar-refractivity contribution in [3.8, 4) is 5.75 Å². The number of hydrogen-bond acceptors (Lipinski definition) is 4. The third-order valence-corrected chi connectivity index (χ3v) is 2.23. The van der Waals surface area contributed by atoms with E-state index in [1.165, 1.54) is 7.05 Å². The molecule has 1 aromatic carbocycles. The lowest BCUT2D eigenvalue weighted by Crippen LogP contribution is -2.44. The molecule has 98 valence electrons. The van der Waals surface area contributed by atoms with Gasteiger partial charge in [-0.05, 0) is 38.2 Å². The van der Waals surface area contributed by atoms with Crippen LogP contribution in [-0.4, -0.2) is 36.7 Å². The Bertz CT molecular complexity index is 417. The molecule has 1 atom stereocenters. The van der Waals surface area contributed by atoms with Gasteiger partial charge in [-0.25, -0.2) is 4.79 Å². The maximum absolute atomic E-state index is 11.6. The largest absolute Gasteiger partial charge is 0.494 e. The molecule has 0 fully saturated rings. The topological polar surface area (TPSA) is 87.7 Å². The first-order valence-electron chi connectivity index (χ1n) is 5.52. The van der Waals surface area contributed by atoms with Crippen LogP contribution in [0.25, 0.3) is 0 Å². The van der Waals surface area contributed by atoms with Crippen LogP contribution in [0.15, 0.2) is 24.3 Å². The Morgan fingerprint density at radius 3 is 2.39 bits per heavy atom. The van der Waals surface area contributed by atoms with Gasteiger partial charge in [0, 0.05) is 5.69 Å². The fraction of sp³-hybridized carbons (Fsp3) is 0.333. The van der Waals surface area contributed by atoms with Gasteiger partial charge >= 0.3 is 5.97 Å². The Morgan fingerprint density at radius 2 is 1.94 bits per heavy atom. The van der Waals surface area contributed by atoms with Gasteiger partial charge in [0.25, 0.3) is 5.91 Å². The average Bonchev–Trinajstić information content (AvgIpc) is 2.32. The second-order valence-corrected chi connectivity index (χ2v) is 3.51. The number of aliphatic carboxylic acids is 1. The zero-order valence-corrected chi connectivity index (χ0v) is 10.3. The van der Waals surface area contributed by atoms with Crippen LogP contribution in [0.5, 0.6) is 5.75 Å². The number of likely N-dealkylation sites (N-methyl/N-ethyl adjacent to an activating group) is 1. The summed E-state index contributed by atoms with van der Waals surface area (Å²) in [6.07, 6.45) is 0. The van der Waals surface area contributed by atoms with Crippen LogP contribution in [0.3, 0.4) is 0 Å². The molecule has 0 bridgehead atoms. The highest BCUT2D eigenvalue weighted by atomic mass is 16.5. The predicted octanol–water partition coefficient (Wildman–Crippen LogP) is 0.696. The summed E-state index contributed by atoms with van der Waals surface area (Å²) in [4.78, 5) is 22.4. The Balaban J connectivity index is 2.66. The van der Waals surface area contributed by atoms with E-state index in [1.807, 2.05) is 6.92 Å². The first-order valence-corrected chi connectivity index (χ1v) is 5.52. The Kier molecular flexibility index (Phi) is 5.13. The molecule has 0 saturated heterocycles. The maximum Gasteiger partial charge on any atom is 0.330 e. The summed E-state index contributed by atoms with van der Waals surface area (Å²) in [7, 11) is 1.41. The summed E-state index contributed by atoms with van der Waals surface area (Å²) in [5.74, 6) is -1.14. The molecule has 0 spiro atoms. The summed E-state index contributed by atoms with van der Waals surface area (Å²) >= 11 is 0. The van der Waals surface area contributed by atoms with E-state index in [0.29, 0.717) is 18.0 Å². The SMILES string of the molecule is CCOc1ccc(NC(=O)C(NC)C(=O)O)cc1. The Labute approximate surface area is 105 Å². The number of ether oxygens (including phenoxy) is 1. The van der Waals surface area contributed by atoms with Crippen LogP contribution in [0.2, 0.25) is 0 Å². The molecule has 6 heteroatoms. The van der Waals surface area contributed by atoms with Crippen molar-refractivity contribution >= 4 is 17.6 Å². The predicted molar refractivity (Wildman–Crippen MR) is 66.7 cm³/mol. The van der Waals surface area contributed by atoms with E-state index in [0.717, 1.165) is 0 Å². The Hall–Kier alpha value is -2.08. The van der Waals surface area contributed by atoms with Crippen molar-refractivity contribution in [1.82, 2.24) is 5.32 Å². The van der Waals surface area contributed by atoms with Crippen LogP contribution >= 0.6 is 0 Å². The summed E-state index contributed by atoms with van der Waals surface area (Å²) in [6.45, 7) is 2.44. The van der Waals surface area contributed by atoms with Gasteiger partial charge in [0.15, 0.2) is 6.04 Å². The fourth-order valence-corrected chi connectivity index (χ4v) is 1.38. The standard InChI is InChI=1S/C12H16N2O4/c1-3-18-9-6-4-8(5-7-9)14-11(15)10(13-2)12(16)17/h4-7,10,13H,3H2,1-2H3,(H,14,15)(H,16,17). The van der Waals surface area contributed by atoms with Crippen LogP contribution in [0.4, 0.5) is 5.69 Å². The normalized spacial score (nSPS) is 11.7. The van der Waals surface area contributed by atoms with Crippen LogP contribution in [0, 0.1) is 0 Å². The molecule has 1 aromatic rings. The summed E-state index contributed by atoms with van der Waals surface area (Å²) in [5.41, 5.74) is 0.518. The van der Waals surface area contributed by atoms with Crippen molar-refractivity contribution in [3.05, 3.63) is 24.3 Å². The molecular formula is C12H16N2O4. The lowest BCUT2D eigenvalue weighted by atomic mass is 10.2. The molecule has 0 heterocycles. The highest BCUT2D eigenvalue weighted by Crippen LogP contribution is 2.15. The second-order valence-electron chi connectivity index (χ2n) is 3.51. The monoisotopic (exact) mass is 252 g/mol. The van der Waals surface area contributed by atoms with Crippen molar-refractivity contribution in [2.24, 2.45) is 0 Å². The molecule has 0 radical (unpaired) electrons. The zero-order chi connectivity index (χ0) is 13.5. The summed E-state index contributed by atoms with van der Waals surface area (Å²) in [5, 5.41) is 13.7. The zero-order valence-electron chi connectivity index (χ0n) is 10.3. The number of amides is 1. The van der Waals surface area contributed by atoms with Gasteiger partial charge in [0.1, 0.15) is 5.75 Å². The van der Waals surface area contributed by atoms with Gasteiger partial charge in [0.2, 0.25) is 0 Å². The van der Waals surface area contributed by atoms with Gasteiger partial charge < -0.3 is 15.2 Å². The van der Waals surface area contributed by atoms with Gasteiger partial charge in [-0.1, -0.05) is 0 Å². The van der Waals surface area contributed by atoms with E-state index in [9.17, 15) is 9.59 Å². The summed E-state index contributed by atoms with van der Waals surface area (Å²) < 4.78 is 5.25. The lowest BCUT2D eigenvalue weighted by Gasteiger charge is -2.12. The van der Waals surface area contributed by atoms with Crippen molar-refractivity contribution in [2.45, 2.75) is 13.0 Å². The molecular weight excluding hydrogens is 236 g/mol. The summed E-state index contributed by atoms with van der Waals surface area (Å²) in [6, 6.07) is 5.44. The van der Waals surface area contributed by atoms with E-state index in [4.69, 9.17) is 9.84 Å². The molecule has 0 aliphatic rings. The molecule has 1 rings (SSSR count). The molecule has 18 heavy (non-hydrogen) atoms. The number of carboxylic acid groups (broad SMARTS) is 1. The molecule has 6 nitrogen and oxygen atoms in total. The minimum atomic E-state index is -1.27. The molecule has 1 unspecified atom stereocenters. The first kappa shape index (κ1) is 14.0. The van der Waals surface area contributed by atoms with Crippen molar-refractivity contribution in [2.75, 3.05) is 19.0 Å². The van der Waals surface area contributed by atoms with Crippen molar-refractivity contribution in [1.29, 1.82) is 0 Å². The molecule has 3 N–H and O–H groups in total. The number of rotatable bonds is 6. The highest BCUT2D eigenvalue weighted by Gasteiger charge is 2.23. The second kappa shape index (κ2) is 6.61. The molecule has 0 aromatic heterocycles. The molecule has 0 saturated carbocycles. The van der Waals surface area contributed by atoms with Gasteiger partial charge in [0.05, 0.1) is 6.61 Å². The van der Waals surface area contributed by atoms with Crippen LogP contribution in [-0.2, 0) is 9.59 Å². The average molecular weight is 252 g/mol. The molecule has 0 aliphatic carbocycles. The number of anilines is 1. The third-order valence-electron chi connectivity index (χ3n) is 2.23. The van der Waals surface area contributed by atoms with Gasteiger partial charge in [-0.15, -0.1) is 0 Å². The van der Waals surface area contributed by atoms with E-state index >= 15 is 0 Å². The smallest absolute Gasteiger partial charge is 0.330 e. The van der Waals surface area contributed by atoms with E-state index in [-0.39, 0.29) is 0 Å². The number of carboxylic acids is 1. The lowest BCUT2D eigenvalue weighted by molar-refractivity contribution is -0.142. The number of benzene rings is 1. The first-order chi connectivity index (χ1) is 8.58. The Morgan fingerprint density at radius 1 is 1.33 bits per heavy atom. The van der Waals surface area contributed by atoms with Crippen LogP contribution in [0.1, 0.15) is 6.92 Å².